The topological polar surface area (TPSA) is 46.3 Å². The largest absolute Gasteiger partial charge is 0.392 e. The molecule has 0 atom stereocenters. The van der Waals surface area contributed by atoms with Crippen molar-refractivity contribution in [2.45, 2.75) is 47.5 Å². The molecule has 17 heavy (non-hydrogen) atoms. The third kappa shape index (κ3) is 3.95. The fourth-order valence-electron chi connectivity index (χ4n) is 2.15. The first-order chi connectivity index (χ1) is 7.60. The smallest absolute Gasteiger partial charge is 0.235 e. The maximum Gasteiger partial charge on any atom is 0.235 e. The van der Waals surface area contributed by atoms with Crippen LogP contribution in [0.1, 0.15) is 47.5 Å². The van der Waals surface area contributed by atoms with Crippen LogP contribution in [0, 0.1) is 10.8 Å². The second-order valence-corrected chi connectivity index (χ2v) is 6.32. The summed E-state index contributed by atoms with van der Waals surface area (Å²) in [6.45, 7) is 11.0. The summed E-state index contributed by atoms with van der Waals surface area (Å²) in [5.41, 5.74) is 5.19. The summed E-state index contributed by atoms with van der Waals surface area (Å²) in [6, 6.07) is 0. The number of carbonyl (C=O) groups excluding carboxylic acids is 1. The number of hydrogen-bond acceptors (Lipinski definition) is 2. The summed E-state index contributed by atoms with van der Waals surface area (Å²) >= 11 is 5.09. The Bertz CT molecular complexity index is 290. The lowest BCUT2D eigenvalue weighted by Crippen LogP contribution is -2.50. The first-order valence-corrected chi connectivity index (χ1v) is 6.57. The van der Waals surface area contributed by atoms with Gasteiger partial charge in [-0.2, -0.15) is 0 Å². The highest BCUT2D eigenvalue weighted by Crippen LogP contribution is 2.30. The van der Waals surface area contributed by atoms with Gasteiger partial charge in [-0.1, -0.05) is 46.8 Å². The van der Waals surface area contributed by atoms with Gasteiger partial charge in [0.15, 0.2) is 0 Å². The minimum absolute atomic E-state index is 0.0462. The highest BCUT2D eigenvalue weighted by molar-refractivity contribution is 7.80. The van der Waals surface area contributed by atoms with Gasteiger partial charge in [0.05, 0.1) is 10.4 Å². The van der Waals surface area contributed by atoms with Crippen molar-refractivity contribution in [3.05, 3.63) is 0 Å². The first-order valence-electron chi connectivity index (χ1n) is 6.16. The molecule has 0 saturated carbocycles. The van der Waals surface area contributed by atoms with Crippen LogP contribution < -0.4 is 5.73 Å². The van der Waals surface area contributed by atoms with Gasteiger partial charge in [-0.05, 0) is 18.3 Å². The molecule has 0 heterocycles. The molecule has 2 N–H and O–H groups in total. The van der Waals surface area contributed by atoms with Crippen molar-refractivity contribution in [3.8, 4) is 0 Å². The SMILES string of the molecule is CCC(CC)(C(=O)N(C)CC(C)(C)C)C(N)=S. The zero-order valence-corrected chi connectivity index (χ0v) is 12.8. The molecular weight excluding hydrogens is 232 g/mol. The van der Waals surface area contributed by atoms with E-state index in [9.17, 15) is 4.79 Å². The molecule has 0 fully saturated rings. The summed E-state index contributed by atoms with van der Waals surface area (Å²) in [5, 5.41) is 0. The third-order valence-electron chi connectivity index (χ3n) is 3.15. The first kappa shape index (κ1) is 16.4. The lowest BCUT2D eigenvalue weighted by molar-refractivity contribution is -0.138. The van der Waals surface area contributed by atoms with Crippen LogP contribution in [0.5, 0.6) is 0 Å². The molecule has 4 heteroatoms. The summed E-state index contributed by atoms with van der Waals surface area (Å²) in [4.78, 5) is 14.6. The normalized spacial score (nSPS) is 12.4. The van der Waals surface area contributed by atoms with Gasteiger partial charge < -0.3 is 10.6 Å². The quantitative estimate of drug-likeness (QED) is 0.771. The Morgan fingerprint density at radius 1 is 1.24 bits per heavy atom. The van der Waals surface area contributed by atoms with E-state index in [1.54, 1.807) is 4.90 Å². The molecule has 0 saturated heterocycles. The summed E-state index contributed by atoms with van der Waals surface area (Å²) in [6.07, 6.45) is 1.32. The number of rotatable bonds is 5. The molecule has 1 amide bonds. The minimum atomic E-state index is -0.671. The lowest BCUT2D eigenvalue weighted by atomic mass is 9.80. The van der Waals surface area contributed by atoms with Crippen LogP contribution in [0.25, 0.3) is 0 Å². The highest BCUT2D eigenvalue weighted by Gasteiger charge is 2.40. The summed E-state index contributed by atoms with van der Waals surface area (Å²) in [5.74, 6) is 0.0462. The van der Waals surface area contributed by atoms with E-state index in [4.69, 9.17) is 18.0 Å². The van der Waals surface area contributed by atoms with E-state index in [2.05, 4.69) is 20.8 Å². The van der Waals surface area contributed by atoms with Gasteiger partial charge in [-0.15, -0.1) is 0 Å². The van der Waals surface area contributed by atoms with E-state index in [1.165, 1.54) is 0 Å². The van der Waals surface area contributed by atoms with Gasteiger partial charge in [-0.3, -0.25) is 4.79 Å². The van der Waals surface area contributed by atoms with Crippen molar-refractivity contribution in [1.29, 1.82) is 0 Å². The van der Waals surface area contributed by atoms with E-state index in [-0.39, 0.29) is 11.3 Å². The van der Waals surface area contributed by atoms with Crippen molar-refractivity contribution in [2.75, 3.05) is 13.6 Å². The molecule has 0 aliphatic carbocycles. The molecule has 0 bridgehead atoms. The number of carbonyl (C=O) groups is 1. The molecule has 100 valence electrons. The molecular formula is C13H26N2OS. The monoisotopic (exact) mass is 258 g/mol. The molecule has 0 aliphatic rings. The van der Waals surface area contributed by atoms with Gasteiger partial charge in [0.25, 0.3) is 0 Å². The van der Waals surface area contributed by atoms with Crippen molar-refractivity contribution in [3.63, 3.8) is 0 Å². The van der Waals surface area contributed by atoms with E-state index < -0.39 is 5.41 Å². The zero-order chi connectivity index (χ0) is 13.9. The Morgan fingerprint density at radius 3 is 1.88 bits per heavy atom. The Labute approximate surface area is 111 Å². The number of amides is 1. The van der Waals surface area contributed by atoms with Gasteiger partial charge in [0.2, 0.25) is 5.91 Å². The maximum atomic E-state index is 12.5. The Morgan fingerprint density at radius 2 is 1.65 bits per heavy atom. The van der Waals surface area contributed by atoms with Gasteiger partial charge in [0.1, 0.15) is 0 Å². The average molecular weight is 258 g/mol. The van der Waals surface area contributed by atoms with Crippen LogP contribution in [0.2, 0.25) is 0 Å². The Kier molecular flexibility index (Phi) is 5.59. The third-order valence-corrected chi connectivity index (χ3v) is 3.54. The van der Waals surface area contributed by atoms with E-state index in [0.29, 0.717) is 24.4 Å². The molecule has 0 aromatic rings. The van der Waals surface area contributed by atoms with Crippen LogP contribution in [0.3, 0.4) is 0 Å². The van der Waals surface area contributed by atoms with Crippen molar-refractivity contribution >= 4 is 23.1 Å². The molecule has 0 unspecified atom stereocenters. The highest BCUT2D eigenvalue weighted by atomic mass is 32.1. The molecule has 0 rings (SSSR count). The number of thiocarbonyl (C=S) groups is 1. The standard InChI is InChI=1S/C13H26N2OS/c1-7-13(8-2,10(14)17)11(16)15(6)9-12(3,4)5/h7-9H2,1-6H3,(H2,14,17). The Hall–Kier alpha value is -0.640. The van der Waals surface area contributed by atoms with E-state index in [1.807, 2.05) is 20.9 Å². The molecule has 0 aromatic carbocycles. The zero-order valence-electron chi connectivity index (χ0n) is 12.0. The summed E-state index contributed by atoms with van der Waals surface area (Å²) < 4.78 is 0. The van der Waals surface area contributed by atoms with Gasteiger partial charge in [-0.25, -0.2) is 0 Å². The van der Waals surface area contributed by atoms with Gasteiger partial charge >= 0.3 is 0 Å². The van der Waals surface area contributed by atoms with Crippen molar-refractivity contribution in [2.24, 2.45) is 16.6 Å². The summed E-state index contributed by atoms with van der Waals surface area (Å²) in [7, 11) is 1.83. The van der Waals surface area contributed by atoms with Crippen LogP contribution in [-0.4, -0.2) is 29.4 Å². The van der Waals surface area contributed by atoms with Gasteiger partial charge in [0, 0.05) is 13.6 Å². The molecule has 0 aliphatic heterocycles. The van der Waals surface area contributed by atoms with Crippen molar-refractivity contribution < 1.29 is 4.79 Å². The second-order valence-electron chi connectivity index (χ2n) is 5.88. The minimum Gasteiger partial charge on any atom is -0.392 e. The van der Waals surface area contributed by atoms with Crippen LogP contribution in [-0.2, 0) is 4.79 Å². The van der Waals surface area contributed by atoms with Crippen molar-refractivity contribution in [1.82, 2.24) is 4.90 Å². The number of hydrogen-bond donors (Lipinski definition) is 1. The number of nitrogens with two attached hydrogens (primary N) is 1. The molecule has 0 spiro atoms. The Balaban J connectivity index is 5.04. The number of nitrogens with zero attached hydrogens (tertiary/aromatic N) is 1. The molecule has 0 radical (unpaired) electrons. The van der Waals surface area contributed by atoms with E-state index >= 15 is 0 Å². The fourth-order valence-corrected chi connectivity index (χ4v) is 2.53. The lowest BCUT2D eigenvalue weighted by Gasteiger charge is -2.36. The van der Waals surface area contributed by atoms with Crippen LogP contribution >= 0.6 is 12.2 Å². The van der Waals surface area contributed by atoms with Crippen LogP contribution in [0.15, 0.2) is 0 Å². The molecule has 0 aromatic heterocycles. The van der Waals surface area contributed by atoms with E-state index in [0.717, 1.165) is 0 Å². The predicted molar refractivity (Wildman–Crippen MR) is 76.9 cm³/mol. The fraction of sp³-hybridized carbons (Fsp3) is 0.846. The second kappa shape index (κ2) is 5.80. The maximum absolute atomic E-state index is 12.5. The van der Waals surface area contributed by atoms with Crippen LogP contribution in [0.4, 0.5) is 0 Å². The molecule has 3 nitrogen and oxygen atoms in total. The average Bonchev–Trinajstić information content (AvgIpc) is 2.17. The predicted octanol–water partition coefficient (Wildman–Crippen LogP) is 2.58.